The molecule has 1 saturated heterocycles. The highest BCUT2D eigenvalue weighted by molar-refractivity contribution is 5.95. The van der Waals surface area contributed by atoms with Crippen molar-refractivity contribution in [3.63, 3.8) is 0 Å². The number of halogens is 3. The van der Waals surface area contributed by atoms with Gasteiger partial charge in [-0.05, 0) is 37.9 Å². The van der Waals surface area contributed by atoms with Gasteiger partial charge in [-0.1, -0.05) is 13.3 Å². The van der Waals surface area contributed by atoms with E-state index in [0.717, 1.165) is 31.6 Å². The summed E-state index contributed by atoms with van der Waals surface area (Å²) in [7, 11) is 1.58. The Morgan fingerprint density at radius 3 is 2.71 bits per heavy atom. The van der Waals surface area contributed by atoms with Gasteiger partial charge in [0.15, 0.2) is 23.4 Å². The van der Waals surface area contributed by atoms with Gasteiger partial charge >= 0.3 is 0 Å². The highest BCUT2D eigenvalue weighted by Crippen LogP contribution is 2.19. The first kappa shape index (κ1) is 22.0. The van der Waals surface area contributed by atoms with Crippen molar-refractivity contribution in [3.05, 3.63) is 29.6 Å². The van der Waals surface area contributed by atoms with Gasteiger partial charge in [0.1, 0.15) is 0 Å². The average Bonchev–Trinajstić information content (AvgIpc) is 2.71. The molecule has 2 rings (SSSR count). The van der Waals surface area contributed by atoms with Gasteiger partial charge in [0, 0.05) is 26.2 Å². The van der Waals surface area contributed by atoms with Crippen molar-refractivity contribution in [1.29, 1.82) is 0 Å². The number of benzene rings is 1. The van der Waals surface area contributed by atoms with Gasteiger partial charge in [0.25, 0.3) is 0 Å². The summed E-state index contributed by atoms with van der Waals surface area (Å²) in [5.41, 5.74) is -0.413. The van der Waals surface area contributed by atoms with Crippen molar-refractivity contribution >= 4 is 17.6 Å². The molecule has 1 atom stereocenters. The van der Waals surface area contributed by atoms with Crippen LogP contribution in [0.4, 0.5) is 18.9 Å². The molecule has 0 aliphatic carbocycles. The number of carbonyl (C=O) groups is 1. The molecule has 6 nitrogen and oxygen atoms in total. The molecular formula is C19H28F3N5O. The van der Waals surface area contributed by atoms with Crippen LogP contribution in [0.1, 0.15) is 32.6 Å². The maximum absolute atomic E-state index is 13.6. The summed E-state index contributed by atoms with van der Waals surface area (Å²) < 4.78 is 39.7. The van der Waals surface area contributed by atoms with E-state index in [0.29, 0.717) is 18.5 Å². The van der Waals surface area contributed by atoms with Crippen molar-refractivity contribution in [2.45, 2.75) is 38.6 Å². The molecule has 3 N–H and O–H groups in total. The molecule has 1 aliphatic rings. The molecule has 1 aromatic carbocycles. The summed E-state index contributed by atoms with van der Waals surface area (Å²) in [4.78, 5) is 18.4. The smallest absolute Gasteiger partial charge is 0.243 e. The van der Waals surface area contributed by atoms with E-state index in [-0.39, 0.29) is 6.54 Å². The van der Waals surface area contributed by atoms with Gasteiger partial charge in [-0.2, -0.15) is 0 Å². The second-order valence-corrected chi connectivity index (χ2v) is 6.72. The van der Waals surface area contributed by atoms with Crippen LogP contribution in [0.2, 0.25) is 0 Å². The van der Waals surface area contributed by atoms with Crippen molar-refractivity contribution in [1.82, 2.24) is 15.5 Å². The summed E-state index contributed by atoms with van der Waals surface area (Å²) in [6.07, 6.45) is 4.85. The first-order valence-corrected chi connectivity index (χ1v) is 9.58. The zero-order chi connectivity index (χ0) is 20.5. The zero-order valence-electron chi connectivity index (χ0n) is 16.3. The van der Waals surface area contributed by atoms with Gasteiger partial charge in [0.05, 0.1) is 12.2 Å². The Balaban J connectivity index is 1.75. The van der Waals surface area contributed by atoms with E-state index in [1.165, 1.54) is 19.3 Å². The number of aliphatic imine (C=N–C) groups is 1. The Kier molecular flexibility index (Phi) is 8.56. The summed E-state index contributed by atoms with van der Waals surface area (Å²) >= 11 is 0. The second-order valence-electron chi connectivity index (χ2n) is 6.72. The lowest BCUT2D eigenvalue weighted by Crippen LogP contribution is -2.47. The maximum atomic E-state index is 13.6. The molecule has 1 aliphatic heterocycles. The van der Waals surface area contributed by atoms with Crippen molar-refractivity contribution in [2.75, 3.05) is 38.5 Å². The predicted octanol–water partition coefficient (Wildman–Crippen LogP) is 2.47. The normalized spacial score (nSPS) is 18.0. The number of anilines is 1. The van der Waals surface area contributed by atoms with Crippen LogP contribution in [0, 0.1) is 17.5 Å². The number of hydrogen-bond acceptors (Lipinski definition) is 3. The Labute approximate surface area is 163 Å². The van der Waals surface area contributed by atoms with Gasteiger partial charge < -0.3 is 16.0 Å². The fraction of sp³-hybridized carbons (Fsp3) is 0.579. The number of guanidine groups is 1. The summed E-state index contributed by atoms with van der Waals surface area (Å²) in [5, 5.41) is 8.16. The molecule has 0 bridgehead atoms. The monoisotopic (exact) mass is 399 g/mol. The highest BCUT2D eigenvalue weighted by Gasteiger charge is 2.20. The third-order valence-electron chi connectivity index (χ3n) is 4.86. The predicted molar refractivity (Wildman–Crippen MR) is 104 cm³/mol. The van der Waals surface area contributed by atoms with Gasteiger partial charge in [-0.15, -0.1) is 0 Å². The van der Waals surface area contributed by atoms with Crippen LogP contribution in [0.25, 0.3) is 0 Å². The minimum absolute atomic E-state index is 0.195. The molecule has 1 heterocycles. The molecule has 0 radical (unpaired) electrons. The van der Waals surface area contributed by atoms with Crippen LogP contribution in [0.5, 0.6) is 0 Å². The number of nitrogens with zero attached hydrogens (tertiary/aromatic N) is 2. The highest BCUT2D eigenvalue weighted by atomic mass is 19.2. The van der Waals surface area contributed by atoms with E-state index in [1.54, 1.807) is 7.05 Å². The Bertz CT molecular complexity index is 698. The molecule has 9 heteroatoms. The Morgan fingerprint density at radius 2 is 2.00 bits per heavy atom. The number of amides is 1. The first-order valence-electron chi connectivity index (χ1n) is 9.58. The van der Waals surface area contributed by atoms with Crippen molar-refractivity contribution < 1.29 is 18.0 Å². The largest absolute Gasteiger partial charge is 0.355 e. The number of nitrogens with one attached hydrogen (secondary N) is 3. The van der Waals surface area contributed by atoms with Crippen LogP contribution in [-0.4, -0.2) is 56.0 Å². The first-order chi connectivity index (χ1) is 13.5. The van der Waals surface area contributed by atoms with Crippen LogP contribution in [0.3, 0.4) is 0 Å². The van der Waals surface area contributed by atoms with Gasteiger partial charge in [-0.3, -0.25) is 14.7 Å². The number of hydrogen-bond donors (Lipinski definition) is 3. The Hall–Kier alpha value is -2.29. The minimum Gasteiger partial charge on any atom is -0.355 e. The molecule has 0 saturated carbocycles. The molecule has 1 aromatic rings. The third-order valence-corrected chi connectivity index (χ3v) is 4.86. The summed E-state index contributed by atoms with van der Waals surface area (Å²) in [6.45, 7) is 4.65. The van der Waals surface area contributed by atoms with Crippen molar-refractivity contribution in [3.8, 4) is 0 Å². The third kappa shape index (κ3) is 6.12. The van der Waals surface area contributed by atoms with E-state index in [9.17, 15) is 18.0 Å². The van der Waals surface area contributed by atoms with E-state index >= 15 is 0 Å². The molecule has 28 heavy (non-hydrogen) atoms. The standard InChI is InChI=1S/C19H28F3N5O/c1-3-13-6-4-5-10-27(13)11-9-24-19(23-2)25-12-16(28)26-15-8-7-14(20)17(21)18(15)22/h7-8,13H,3-6,9-12H2,1-2H3,(H,26,28)(H2,23,24,25). The lowest BCUT2D eigenvalue weighted by atomic mass is 10.0. The molecule has 0 aromatic heterocycles. The second kappa shape index (κ2) is 10.9. The lowest BCUT2D eigenvalue weighted by Gasteiger charge is -2.35. The number of piperidine rings is 1. The molecular weight excluding hydrogens is 371 g/mol. The van der Waals surface area contributed by atoms with Crippen LogP contribution < -0.4 is 16.0 Å². The average molecular weight is 399 g/mol. The van der Waals surface area contributed by atoms with Gasteiger partial charge in [-0.25, -0.2) is 13.2 Å². The number of rotatable bonds is 7. The topological polar surface area (TPSA) is 68.8 Å². The quantitative estimate of drug-likeness (QED) is 0.374. The molecule has 0 spiro atoms. The summed E-state index contributed by atoms with van der Waals surface area (Å²) in [5.74, 6) is -4.52. The molecule has 1 amide bonds. The fourth-order valence-electron chi connectivity index (χ4n) is 3.34. The van der Waals surface area contributed by atoms with Crippen LogP contribution >= 0.6 is 0 Å². The van der Waals surface area contributed by atoms with Crippen LogP contribution in [0.15, 0.2) is 17.1 Å². The zero-order valence-corrected chi connectivity index (χ0v) is 16.3. The lowest BCUT2D eigenvalue weighted by molar-refractivity contribution is -0.115. The minimum atomic E-state index is -1.62. The van der Waals surface area contributed by atoms with E-state index in [2.05, 4.69) is 32.8 Å². The number of carbonyl (C=O) groups excluding carboxylic acids is 1. The SMILES string of the molecule is CCC1CCCCN1CCNC(=NC)NCC(=O)Nc1ccc(F)c(F)c1F. The maximum Gasteiger partial charge on any atom is 0.243 e. The van der Waals surface area contributed by atoms with Gasteiger partial charge in [0.2, 0.25) is 5.91 Å². The molecule has 1 fully saturated rings. The fourth-order valence-corrected chi connectivity index (χ4v) is 3.34. The molecule has 1 unspecified atom stereocenters. The summed E-state index contributed by atoms with van der Waals surface area (Å²) in [6, 6.07) is 2.34. The van der Waals surface area contributed by atoms with E-state index < -0.39 is 29.0 Å². The van der Waals surface area contributed by atoms with Crippen LogP contribution in [-0.2, 0) is 4.79 Å². The van der Waals surface area contributed by atoms with E-state index in [1.807, 2.05) is 0 Å². The van der Waals surface area contributed by atoms with Crippen molar-refractivity contribution in [2.24, 2.45) is 4.99 Å². The van der Waals surface area contributed by atoms with E-state index in [4.69, 9.17) is 0 Å². The molecule has 156 valence electrons. The Morgan fingerprint density at radius 1 is 1.21 bits per heavy atom. The number of likely N-dealkylation sites (tertiary alicyclic amines) is 1.